The molecular formula is C11H13FN4O4. The minimum atomic E-state index is -1.86. The van der Waals surface area contributed by atoms with Crippen molar-refractivity contribution in [2.45, 2.75) is 18.0 Å². The zero-order chi connectivity index (χ0) is 14.5. The Morgan fingerprint density at radius 2 is 2.45 bits per heavy atom. The third-order valence-electron chi connectivity index (χ3n) is 3.48. The average Bonchev–Trinajstić information content (AvgIpc) is 2.94. The summed E-state index contributed by atoms with van der Waals surface area (Å²) in [7, 11) is 0. The van der Waals surface area contributed by atoms with Gasteiger partial charge in [-0.05, 0) is 6.07 Å². The fourth-order valence-electron chi connectivity index (χ4n) is 2.45. The Morgan fingerprint density at radius 3 is 3.05 bits per heavy atom. The number of aromatic nitrogens is 3. The minimum absolute atomic E-state index is 0.0806. The highest BCUT2D eigenvalue weighted by molar-refractivity contribution is 5.76. The molecule has 1 saturated heterocycles. The van der Waals surface area contributed by atoms with E-state index in [0.29, 0.717) is 0 Å². The van der Waals surface area contributed by atoms with Gasteiger partial charge in [-0.2, -0.15) is 4.98 Å². The Morgan fingerprint density at radius 1 is 1.70 bits per heavy atom. The zero-order valence-electron chi connectivity index (χ0n) is 10.3. The van der Waals surface area contributed by atoms with E-state index in [2.05, 4.69) is 9.97 Å². The topological polar surface area (TPSA) is 126 Å². The standard InChI is InChI=1S/C11H13FN4O4/c12-7-6(18)3-20-11(7,4-17)16-2-1-5-8(16)14-10(13)15-9(5)19/h1-2,6-7,17-18H,3-4H2,(H3,13,14,15,19)/t6-,7-,11-/m0/s1. The van der Waals surface area contributed by atoms with Gasteiger partial charge in [0.25, 0.3) is 5.56 Å². The molecule has 3 heterocycles. The fraction of sp³-hybridized carbons (Fsp3) is 0.455. The number of rotatable bonds is 2. The first-order valence-electron chi connectivity index (χ1n) is 5.94. The normalized spacial score (nSPS) is 30.1. The molecule has 2 aromatic rings. The van der Waals surface area contributed by atoms with Gasteiger partial charge in [-0.1, -0.05) is 0 Å². The Hall–Kier alpha value is -1.97. The summed E-state index contributed by atoms with van der Waals surface area (Å²) in [6.07, 6.45) is -1.85. The first kappa shape index (κ1) is 13.0. The van der Waals surface area contributed by atoms with Crippen LogP contribution in [0.15, 0.2) is 17.1 Å². The van der Waals surface area contributed by atoms with E-state index in [4.69, 9.17) is 10.5 Å². The highest BCUT2D eigenvalue weighted by atomic mass is 19.1. The zero-order valence-corrected chi connectivity index (χ0v) is 10.3. The van der Waals surface area contributed by atoms with Gasteiger partial charge in [0.2, 0.25) is 11.7 Å². The first-order chi connectivity index (χ1) is 9.49. The lowest BCUT2D eigenvalue weighted by Crippen LogP contribution is -2.46. The third-order valence-corrected chi connectivity index (χ3v) is 3.48. The molecule has 8 nitrogen and oxygen atoms in total. The number of anilines is 1. The SMILES string of the molecule is Nc1nc2c(ccn2[C@@]2(CO)OC[C@H](O)[C@@H]2F)c(=O)[nH]1. The molecule has 0 saturated carbocycles. The number of aromatic amines is 1. The van der Waals surface area contributed by atoms with Crippen molar-refractivity contribution in [3.8, 4) is 0 Å². The molecule has 0 unspecified atom stereocenters. The second-order valence-corrected chi connectivity index (χ2v) is 4.66. The lowest BCUT2D eigenvalue weighted by Gasteiger charge is -2.30. The number of alkyl halides is 1. The number of nitrogens with zero attached hydrogens (tertiary/aromatic N) is 2. The van der Waals surface area contributed by atoms with Crippen molar-refractivity contribution in [1.29, 1.82) is 0 Å². The second kappa shape index (κ2) is 4.27. The monoisotopic (exact) mass is 284 g/mol. The van der Waals surface area contributed by atoms with Crippen molar-refractivity contribution in [1.82, 2.24) is 14.5 Å². The van der Waals surface area contributed by atoms with Gasteiger partial charge in [0.1, 0.15) is 6.10 Å². The van der Waals surface area contributed by atoms with Crippen molar-refractivity contribution in [3.05, 3.63) is 22.6 Å². The third kappa shape index (κ3) is 1.57. The van der Waals surface area contributed by atoms with Gasteiger partial charge in [0, 0.05) is 6.20 Å². The number of hydrogen-bond donors (Lipinski definition) is 4. The summed E-state index contributed by atoms with van der Waals surface area (Å²) in [5.74, 6) is -0.135. The van der Waals surface area contributed by atoms with E-state index < -0.39 is 30.2 Å². The summed E-state index contributed by atoms with van der Waals surface area (Å²) in [6, 6.07) is 1.42. The van der Waals surface area contributed by atoms with E-state index >= 15 is 0 Å². The maximum Gasteiger partial charge on any atom is 0.261 e. The molecule has 2 aromatic heterocycles. The van der Waals surface area contributed by atoms with E-state index in [0.717, 1.165) is 0 Å². The molecule has 5 N–H and O–H groups in total. The molecule has 20 heavy (non-hydrogen) atoms. The summed E-state index contributed by atoms with van der Waals surface area (Å²) < 4.78 is 20.7. The van der Waals surface area contributed by atoms with Crippen LogP contribution in [0.3, 0.4) is 0 Å². The van der Waals surface area contributed by atoms with Gasteiger partial charge in [0.05, 0.1) is 18.6 Å². The summed E-state index contributed by atoms with van der Waals surface area (Å²) in [5, 5.41) is 19.2. The Bertz CT molecular complexity index is 714. The molecule has 0 aliphatic carbocycles. The van der Waals surface area contributed by atoms with Crippen LogP contribution in [0.2, 0.25) is 0 Å². The smallest absolute Gasteiger partial charge is 0.261 e. The second-order valence-electron chi connectivity index (χ2n) is 4.66. The number of aliphatic hydroxyl groups excluding tert-OH is 2. The van der Waals surface area contributed by atoms with Crippen LogP contribution in [0.1, 0.15) is 0 Å². The molecule has 3 rings (SSSR count). The number of hydrogen-bond acceptors (Lipinski definition) is 6. The highest BCUT2D eigenvalue weighted by Gasteiger charge is 2.52. The molecule has 0 spiro atoms. The number of nitrogens with two attached hydrogens (primary N) is 1. The fourth-order valence-corrected chi connectivity index (χ4v) is 2.45. The molecule has 1 aliphatic heterocycles. The molecule has 9 heteroatoms. The van der Waals surface area contributed by atoms with Crippen LogP contribution in [0.25, 0.3) is 11.0 Å². The van der Waals surface area contributed by atoms with Gasteiger partial charge < -0.3 is 20.7 Å². The van der Waals surface area contributed by atoms with E-state index in [1.54, 1.807) is 0 Å². The van der Waals surface area contributed by atoms with E-state index in [9.17, 15) is 19.4 Å². The largest absolute Gasteiger partial charge is 0.391 e. The number of ether oxygens (including phenoxy) is 1. The minimum Gasteiger partial charge on any atom is -0.391 e. The molecule has 1 aliphatic rings. The predicted molar refractivity (Wildman–Crippen MR) is 66.7 cm³/mol. The van der Waals surface area contributed by atoms with Crippen molar-refractivity contribution >= 4 is 17.0 Å². The Balaban J connectivity index is 2.26. The highest BCUT2D eigenvalue weighted by Crippen LogP contribution is 2.35. The number of halogens is 1. The quantitative estimate of drug-likeness (QED) is 0.542. The molecule has 1 fully saturated rings. The molecule has 0 amide bonds. The lowest BCUT2D eigenvalue weighted by atomic mass is 10.1. The van der Waals surface area contributed by atoms with Gasteiger partial charge in [-0.25, -0.2) is 4.39 Å². The van der Waals surface area contributed by atoms with Crippen LogP contribution in [-0.4, -0.2) is 50.2 Å². The average molecular weight is 284 g/mol. The van der Waals surface area contributed by atoms with Gasteiger partial charge in [-0.15, -0.1) is 0 Å². The molecule has 108 valence electrons. The number of fused-ring (bicyclic) bond motifs is 1. The van der Waals surface area contributed by atoms with Crippen molar-refractivity contribution in [2.24, 2.45) is 0 Å². The molecule has 0 bridgehead atoms. The van der Waals surface area contributed by atoms with Gasteiger partial charge in [-0.3, -0.25) is 14.3 Å². The molecule has 0 aromatic carbocycles. The molecule has 3 atom stereocenters. The van der Waals surface area contributed by atoms with Crippen molar-refractivity contribution in [2.75, 3.05) is 18.9 Å². The van der Waals surface area contributed by atoms with Crippen LogP contribution in [0, 0.1) is 0 Å². The van der Waals surface area contributed by atoms with Crippen LogP contribution in [0.4, 0.5) is 10.3 Å². The van der Waals surface area contributed by atoms with E-state index in [1.807, 2.05) is 0 Å². The summed E-state index contributed by atoms with van der Waals surface area (Å²) in [5.41, 5.74) is 3.26. The maximum absolute atomic E-state index is 14.2. The molecule has 0 radical (unpaired) electrons. The van der Waals surface area contributed by atoms with Gasteiger partial charge >= 0.3 is 0 Å². The van der Waals surface area contributed by atoms with Crippen LogP contribution >= 0.6 is 0 Å². The summed E-state index contributed by atoms with van der Waals surface area (Å²) in [4.78, 5) is 18.0. The first-order valence-corrected chi connectivity index (χ1v) is 5.94. The number of H-pyrrole nitrogens is 1. The van der Waals surface area contributed by atoms with Crippen LogP contribution < -0.4 is 11.3 Å². The van der Waals surface area contributed by atoms with E-state index in [1.165, 1.54) is 16.8 Å². The predicted octanol–water partition coefficient (Wildman–Crippen LogP) is -1.32. The van der Waals surface area contributed by atoms with Crippen LogP contribution in [0.5, 0.6) is 0 Å². The summed E-state index contributed by atoms with van der Waals surface area (Å²) in [6.45, 7) is -0.983. The molecular weight excluding hydrogens is 271 g/mol. The lowest BCUT2D eigenvalue weighted by molar-refractivity contribution is -0.128. The Kier molecular flexibility index (Phi) is 2.78. The van der Waals surface area contributed by atoms with Crippen molar-refractivity contribution in [3.63, 3.8) is 0 Å². The van der Waals surface area contributed by atoms with Crippen LogP contribution in [-0.2, 0) is 10.5 Å². The van der Waals surface area contributed by atoms with Crippen molar-refractivity contribution < 1.29 is 19.3 Å². The van der Waals surface area contributed by atoms with Gasteiger partial charge in [0.15, 0.2) is 11.8 Å². The maximum atomic E-state index is 14.2. The Labute approximate surface area is 111 Å². The number of nitrogen functional groups attached to an aromatic ring is 1. The number of nitrogens with one attached hydrogen (secondary N) is 1. The number of aliphatic hydroxyl groups is 2. The summed E-state index contributed by atoms with van der Waals surface area (Å²) >= 11 is 0. The van der Waals surface area contributed by atoms with E-state index in [-0.39, 0.29) is 23.6 Å².